The van der Waals surface area contributed by atoms with Gasteiger partial charge in [-0.25, -0.2) is 0 Å². The zero-order valence-corrected chi connectivity index (χ0v) is 12.2. The fourth-order valence-corrected chi connectivity index (χ4v) is 2.06. The second-order valence-electron chi connectivity index (χ2n) is 4.74. The Bertz CT molecular complexity index is 619. The lowest BCUT2D eigenvalue weighted by Gasteiger charge is -2.14. The van der Waals surface area contributed by atoms with Crippen LogP contribution < -0.4 is 10.1 Å². The van der Waals surface area contributed by atoms with Crippen molar-refractivity contribution in [2.45, 2.75) is 19.9 Å². The predicted octanol–water partition coefficient (Wildman–Crippen LogP) is 2.23. The van der Waals surface area contributed by atoms with E-state index in [9.17, 15) is 4.79 Å². The van der Waals surface area contributed by atoms with Crippen LogP contribution in [0.25, 0.3) is 0 Å². The molecule has 0 fully saturated rings. The number of amides is 1. The first-order chi connectivity index (χ1) is 9.52. The number of benzene rings is 1. The molecule has 5 nitrogen and oxygen atoms in total. The number of methoxy groups -OCH3 is 1. The highest BCUT2D eigenvalue weighted by molar-refractivity contribution is 5.94. The smallest absolute Gasteiger partial charge is 0.251 e. The highest BCUT2D eigenvalue weighted by Crippen LogP contribution is 2.18. The van der Waals surface area contributed by atoms with E-state index in [-0.39, 0.29) is 11.9 Å². The van der Waals surface area contributed by atoms with E-state index >= 15 is 0 Å². The molecule has 0 spiro atoms. The van der Waals surface area contributed by atoms with Crippen LogP contribution in [0.5, 0.6) is 5.75 Å². The normalized spacial score (nSPS) is 12.0. The third-order valence-corrected chi connectivity index (χ3v) is 3.42. The summed E-state index contributed by atoms with van der Waals surface area (Å²) in [6.45, 7) is 3.93. The number of aromatic nitrogens is 2. The number of hydrogen-bond acceptors (Lipinski definition) is 3. The molecule has 1 aromatic carbocycles. The molecule has 0 bridgehead atoms. The third-order valence-electron chi connectivity index (χ3n) is 3.42. The van der Waals surface area contributed by atoms with E-state index in [1.54, 1.807) is 36.2 Å². The van der Waals surface area contributed by atoms with Gasteiger partial charge in [0.25, 0.3) is 5.91 Å². The first kappa shape index (κ1) is 14.1. The number of aryl methyl sites for hydroxylation is 1. The standard InChI is InChI=1S/C15H19N3O2/c1-10(14-9-16-18(3)11(14)2)17-15(19)12-6-5-7-13(8-12)20-4/h5-10H,1-4H3,(H,17,19). The van der Waals surface area contributed by atoms with Crippen molar-refractivity contribution in [3.63, 3.8) is 0 Å². The lowest BCUT2D eigenvalue weighted by Crippen LogP contribution is -2.26. The molecule has 0 saturated carbocycles. The Balaban J connectivity index is 2.13. The summed E-state index contributed by atoms with van der Waals surface area (Å²) in [5.74, 6) is 0.544. The Morgan fingerprint density at radius 1 is 1.45 bits per heavy atom. The van der Waals surface area contributed by atoms with Gasteiger partial charge in [0.05, 0.1) is 19.3 Å². The van der Waals surface area contributed by atoms with E-state index in [1.807, 2.05) is 27.0 Å². The summed E-state index contributed by atoms with van der Waals surface area (Å²) in [6.07, 6.45) is 1.78. The molecule has 1 N–H and O–H groups in total. The summed E-state index contributed by atoms with van der Waals surface area (Å²) in [5, 5.41) is 7.16. The average molecular weight is 273 g/mol. The molecule has 20 heavy (non-hydrogen) atoms. The number of nitrogens with zero attached hydrogens (tertiary/aromatic N) is 2. The van der Waals surface area contributed by atoms with Crippen molar-refractivity contribution in [2.24, 2.45) is 7.05 Å². The maximum atomic E-state index is 12.2. The topological polar surface area (TPSA) is 56.1 Å². The van der Waals surface area contributed by atoms with Gasteiger partial charge in [0, 0.05) is 23.9 Å². The van der Waals surface area contributed by atoms with Crippen molar-refractivity contribution in [1.29, 1.82) is 0 Å². The number of carbonyl (C=O) groups excluding carboxylic acids is 1. The lowest BCUT2D eigenvalue weighted by molar-refractivity contribution is 0.0939. The van der Waals surface area contributed by atoms with Crippen LogP contribution in [-0.4, -0.2) is 22.8 Å². The second-order valence-corrected chi connectivity index (χ2v) is 4.74. The molecule has 2 aromatic rings. The molecule has 0 aliphatic carbocycles. The van der Waals surface area contributed by atoms with Gasteiger partial charge in [0.15, 0.2) is 0 Å². The van der Waals surface area contributed by atoms with E-state index in [0.717, 1.165) is 11.3 Å². The number of ether oxygens (including phenoxy) is 1. The number of carbonyl (C=O) groups is 1. The van der Waals surface area contributed by atoms with E-state index in [1.165, 1.54) is 0 Å². The maximum absolute atomic E-state index is 12.2. The van der Waals surface area contributed by atoms with Crippen molar-refractivity contribution in [1.82, 2.24) is 15.1 Å². The molecule has 1 amide bonds. The molecule has 1 atom stereocenters. The van der Waals surface area contributed by atoms with E-state index in [0.29, 0.717) is 11.3 Å². The highest BCUT2D eigenvalue weighted by atomic mass is 16.5. The van der Waals surface area contributed by atoms with Crippen molar-refractivity contribution in [3.8, 4) is 5.75 Å². The van der Waals surface area contributed by atoms with Crippen LogP contribution in [0, 0.1) is 6.92 Å². The van der Waals surface area contributed by atoms with Crippen LogP contribution >= 0.6 is 0 Å². The molecule has 0 aliphatic heterocycles. The van der Waals surface area contributed by atoms with Crippen LogP contribution in [0.1, 0.15) is 34.6 Å². The van der Waals surface area contributed by atoms with E-state index in [4.69, 9.17) is 4.74 Å². The Labute approximate surface area is 118 Å². The first-order valence-corrected chi connectivity index (χ1v) is 6.46. The van der Waals surface area contributed by atoms with E-state index in [2.05, 4.69) is 10.4 Å². The van der Waals surface area contributed by atoms with Gasteiger partial charge in [-0.1, -0.05) is 6.07 Å². The largest absolute Gasteiger partial charge is 0.497 e. The molecule has 1 aromatic heterocycles. The zero-order chi connectivity index (χ0) is 14.7. The SMILES string of the molecule is COc1cccc(C(=O)NC(C)c2cnn(C)c2C)c1. The molecule has 1 heterocycles. The summed E-state index contributed by atoms with van der Waals surface area (Å²) in [4.78, 5) is 12.2. The Morgan fingerprint density at radius 3 is 2.80 bits per heavy atom. The average Bonchev–Trinajstić information content (AvgIpc) is 2.79. The van der Waals surface area contributed by atoms with Crippen molar-refractivity contribution in [2.75, 3.05) is 7.11 Å². The summed E-state index contributed by atoms with van der Waals surface area (Å²) in [7, 11) is 3.47. The molecule has 106 valence electrons. The summed E-state index contributed by atoms with van der Waals surface area (Å²) < 4.78 is 6.92. The fraction of sp³-hybridized carbons (Fsp3) is 0.333. The van der Waals surface area contributed by atoms with E-state index < -0.39 is 0 Å². The molecule has 0 saturated heterocycles. The summed E-state index contributed by atoms with van der Waals surface area (Å²) in [5.41, 5.74) is 2.64. The lowest BCUT2D eigenvalue weighted by atomic mass is 10.1. The van der Waals surface area contributed by atoms with Gasteiger partial charge in [-0.2, -0.15) is 5.10 Å². The molecular formula is C15H19N3O2. The molecule has 2 rings (SSSR count). The Hall–Kier alpha value is -2.30. The summed E-state index contributed by atoms with van der Waals surface area (Å²) in [6, 6.07) is 7.00. The molecule has 0 radical (unpaired) electrons. The molecule has 0 aliphatic rings. The molecule has 5 heteroatoms. The Kier molecular flexibility index (Phi) is 4.08. The maximum Gasteiger partial charge on any atom is 0.251 e. The minimum atomic E-state index is -0.125. The van der Waals surface area contributed by atoms with Crippen molar-refractivity contribution >= 4 is 5.91 Å². The molecule has 1 unspecified atom stereocenters. The van der Waals surface area contributed by atoms with Crippen LogP contribution in [0.3, 0.4) is 0 Å². The van der Waals surface area contributed by atoms with Gasteiger partial charge in [0.2, 0.25) is 0 Å². The number of nitrogens with one attached hydrogen (secondary N) is 1. The van der Waals surface area contributed by atoms with Crippen LogP contribution in [0.4, 0.5) is 0 Å². The van der Waals surface area contributed by atoms with Crippen LogP contribution in [-0.2, 0) is 7.05 Å². The van der Waals surface area contributed by atoms with Gasteiger partial charge in [-0.05, 0) is 32.0 Å². The predicted molar refractivity (Wildman–Crippen MR) is 76.8 cm³/mol. The number of hydrogen-bond donors (Lipinski definition) is 1. The Morgan fingerprint density at radius 2 is 2.20 bits per heavy atom. The van der Waals surface area contributed by atoms with Gasteiger partial charge in [0.1, 0.15) is 5.75 Å². The molecular weight excluding hydrogens is 254 g/mol. The van der Waals surface area contributed by atoms with Crippen molar-refractivity contribution < 1.29 is 9.53 Å². The second kappa shape index (κ2) is 5.77. The van der Waals surface area contributed by atoms with Gasteiger partial charge >= 0.3 is 0 Å². The van der Waals surface area contributed by atoms with Gasteiger partial charge < -0.3 is 10.1 Å². The highest BCUT2D eigenvalue weighted by Gasteiger charge is 2.15. The minimum absolute atomic E-state index is 0.0950. The summed E-state index contributed by atoms with van der Waals surface area (Å²) >= 11 is 0. The minimum Gasteiger partial charge on any atom is -0.497 e. The zero-order valence-electron chi connectivity index (χ0n) is 12.2. The fourth-order valence-electron chi connectivity index (χ4n) is 2.06. The monoisotopic (exact) mass is 273 g/mol. The first-order valence-electron chi connectivity index (χ1n) is 6.46. The third kappa shape index (κ3) is 2.82. The van der Waals surface area contributed by atoms with Crippen molar-refractivity contribution in [3.05, 3.63) is 47.3 Å². The number of rotatable bonds is 4. The van der Waals surface area contributed by atoms with Gasteiger partial charge in [-0.3, -0.25) is 9.48 Å². The van der Waals surface area contributed by atoms with Crippen LogP contribution in [0.15, 0.2) is 30.5 Å². The quantitative estimate of drug-likeness (QED) is 0.929. The van der Waals surface area contributed by atoms with Gasteiger partial charge in [-0.15, -0.1) is 0 Å². The van der Waals surface area contributed by atoms with Crippen LogP contribution in [0.2, 0.25) is 0 Å².